The summed E-state index contributed by atoms with van der Waals surface area (Å²) in [5, 5.41) is 3.58. The Kier molecular flexibility index (Phi) is 5.61. The molecule has 37 heavy (non-hydrogen) atoms. The lowest BCUT2D eigenvalue weighted by Gasteiger charge is -2.35. The van der Waals surface area contributed by atoms with Gasteiger partial charge in [0.2, 0.25) is 0 Å². The molecule has 2 aromatic heterocycles. The SMILES string of the molecule is CC1C=CC(c2ccc(-c3nc4cc(C(=O)N5CC[C@H]6CCN[C@H]6C5)ccc4n3C)n2CC2CC2)=CC1. The molecular formula is C31H37N5O. The van der Waals surface area contributed by atoms with Crippen LogP contribution in [0, 0.1) is 17.8 Å². The lowest BCUT2D eigenvalue weighted by atomic mass is 9.92. The molecule has 1 saturated carbocycles. The third-order valence-electron chi connectivity index (χ3n) is 9.05. The molecule has 1 aromatic carbocycles. The van der Waals surface area contributed by atoms with Crippen LogP contribution in [-0.2, 0) is 13.6 Å². The van der Waals surface area contributed by atoms with E-state index in [4.69, 9.17) is 4.98 Å². The molecule has 7 rings (SSSR count). The van der Waals surface area contributed by atoms with Crippen molar-refractivity contribution in [2.24, 2.45) is 24.8 Å². The van der Waals surface area contributed by atoms with Crippen LogP contribution in [0.2, 0.25) is 0 Å². The normalized spacial score (nSPS) is 25.5. The van der Waals surface area contributed by atoms with Crippen LogP contribution in [-0.4, -0.2) is 50.6 Å². The fraction of sp³-hybridized carbons (Fsp3) is 0.484. The van der Waals surface area contributed by atoms with Gasteiger partial charge < -0.3 is 19.4 Å². The minimum absolute atomic E-state index is 0.130. The molecule has 3 fully saturated rings. The number of hydrogen-bond donors (Lipinski definition) is 1. The predicted octanol–water partition coefficient (Wildman–Crippen LogP) is 5.26. The average Bonchev–Trinajstić information content (AvgIpc) is 3.30. The summed E-state index contributed by atoms with van der Waals surface area (Å²) >= 11 is 0. The lowest BCUT2D eigenvalue weighted by molar-refractivity contribution is 0.0669. The summed E-state index contributed by atoms with van der Waals surface area (Å²) in [5.74, 6) is 3.19. The van der Waals surface area contributed by atoms with E-state index in [1.807, 2.05) is 17.0 Å². The minimum atomic E-state index is 0.130. The number of carbonyl (C=O) groups is 1. The Morgan fingerprint density at radius 2 is 1.97 bits per heavy atom. The summed E-state index contributed by atoms with van der Waals surface area (Å²) in [6, 6.07) is 11.0. The molecule has 2 aliphatic heterocycles. The van der Waals surface area contributed by atoms with Crippen molar-refractivity contribution in [1.82, 2.24) is 24.3 Å². The minimum Gasteiger partial charge on any atom is -0.338 e. The number of benzene rings is 1. The number of piperidine rings is 1. The van der Waals surface area contributed by atoms with E-state index in [9.17, 15) is 4.79 Å². The van der Waals surface area contributed by atoms with Gasteiger partial charge in [0.15, 0.2) is 5.82 Å². The summed E-state index contributed by atoms with van der Waals surface area (Å²) < 4.78 is 4.67. The molecule has 1 amide bonds. The first kappa shape index (κ1) is 23.0. The first-order valence-electron chi connectivity index (χ1n) is 14.1. The van der Waals surface area contributed by atoms with Crippen LogP contribution >= 0.6 is 0 Å². The average molecular weight is 496 g/mol. The van der Waals surface area contributed by atoms with Gasteiger partial charge in [0, 0.05) is 44.0 Å². The highest BCUT2D eigenvalue weighted by Crippen LogP contribution is 2.37. The molecule has 0 radical (unpaired) electrons. The molecule has 1 N–H and O–H groups in total. The van der Waals surface area contributed by atoms with Gasteiger partial charge in [0.1, 0.15) is 0 Å². The van der Waals surface area contributed by atoms with Crippen LogP contribution in [0.4, 0.5) is 0 Å². The van der Waals surface area contributed by atoms with Gasteiger partial charge in [-0.05, 0) is 92.3 Å². The van der Waals surface area contributed by atoms with E-state index in [0.717, 1.165) is 79.0 Å². The van der Waals surface area contributed by atoms with Gasteiger partial charge in [-0.1, -0.05) is 25.2 Å². The summed E-state index contributed by atoms with van der Waals surface area (Å²) in [5.41, 5.74) is 6.47. The Labute approximate surface area is 219 Å². The second-order valence-corrected chi connectivity index (χ2v) is 11.7. The van der Waals surface area contributed by atoms with Crippen LogP contribution in [0.15, 0.2) is 48.6 Å². The van der Waals surface area contributed by atoms with E-state index in [0.29, 0.717) is 12.0 Å². The number of carbonyl (C=O) groups excluding carboxylic acids is 1. The van der Waals surface area contributed by atoms with Crippen LogP contribution in [0.1, 0.15) is 55.1 Å². The van der Waals surface area contributed by atoms with E-state index in [1.54, 1.807) is 0 Å². The van der Waals surface area contributed by atoms with E-state index >= 15 is 0 Å². The van der Waals surface area contributed by atoms with Gasteiger partial charge in [-0.25, -0.2) is 4.98 Å². The van der Waals surface area contributed by atoms with Gasteiger partial charge in [0.25, 0.3) is 5.91 Å². The second kappa shape index (κ2) is 9.02. The monoisotopic (exact) mass is 495 g/mol. The fourth-order valence-corrected chi connectivity index (χ4v) is 6.55. The molecule has 3 aromatic rings. The van der Waals surface area contributed by atoms with Crippen LogP contribution in [0.25, 0.3) is 28.1 Å². The number of allylic oxidation sites excluding steroid dienone is 4. The van der Waals surface area contributed by atoms with Crippen molar-refractivity contribution >= 4 is 22.5 Å². The van der Waals surface area contributed by atoms with Gasteiger partial charge in [-0.3, -0.25) is 4.79 Å². The molecule has 0 bridgehead atoms. The predicted molar refractivity (Wildman–Crippen MR) is 148 cm³/mol. The Balaban J connectivity index is 1.22. The molecule has 4 aliphatic rings. The second-order valence-electron chi connectivity index (χ2n) is 11.7. The highest BCUT2D eigenvalue weighted by molar-refractivity contribution is 5.98. The quantitative estimate of drug-likeness (QED) is 0.526. The number of nitrogens with one attached hydrogen (secondary N) is 1. The maximum absolute atomic E-state index is 13.4. The molecule has 3 atom stereocenters. The van der Waals surface area contributed by atoms with E-state index < -0.39 is 0 Å². The highest BCUT2D eigenvalue weighted by Gasteiger charge is 2.34. The van der Waals surface area contributed by atoms with Crippen molar-refractivity contribution in [3.8, 4) is 11.5 Å². The molecular weight excluding hydrogens is 458 g/mol. The van der Waals surface area contributed by atoms with E-state index in [-0.39, 0.29) is 5.91 Å². The molecule has 2 saturated heterocycles. The number of aryl methyl sites for hydroxylation is 1. The molecule has 0 spiro atoms. The van der Waals surface area contributed by atoms with Crippen molar-refractivity contribution in [2.45, 2.75) is 51.6 Å². The maximum Gasteiger partial charge on any atom is 0.253 e. The van der Waals surface area contributed by atoms with Crippen LogP contribution < -0.4 is 5.32 Å². The number of imidazole rings is 1. The number of amides is 1. The standard InChI is InChI=1S/C31H37N5O/c1-20-3-7-23(8-4-20)27-11-12-29(36(27)18-21-5-6-21)30-33-25-17-24(9-10-28(25)34(30)2)31(37)35-16-14-22-13-15-32-26(22)19-35/h3,7-12,17,20-22,26,32H,4-6,13-16,18-19H2,1-2H3/t20?,22-,26+/m1/s1. The van der Waals surface area contributed by atoms with Crippen molar-refractivity contribution in [3.05, 3.63) is 59.8 Å². The number of hydrogen-bond acceptors (Lipinski definition) is 3. The van der Waals surface area contributed by atoms with E-state index in [1.165, 1.54) is 30.5 Å². The van der Waals surface area contributed by atoms with Gasteiger partial charge in [0.05, 0.1) is 16.7 Å². The smallest absolute Gasteiger partial charge is 0.253 e. The highest BCUT2D eigenvalue weighted by atomic mass is 16.2. The summed E-state index contributed by atoms with van der Waals surface area (Å²) in [6.07, 6.45) is 13.0. The van der Waals surface area contributed by atoms with Crippen molar-refractivity contribution in [1.29, 1.82) is 0 Å². The number of fused-ring (bicyclic) bond motifs is 2. The molecule has 6 nitrogen and oxygen atoms in total. The van der Waals surface area contributed by atoms with Crippen molar-refractivity contribution in [3.63, 3.8) is 0 Å². The van der Waals surface area contributed by atoms with Crippen LogP contribution in [0.3, 0.4) is 0 Å². The van der Waals surface area contributed by atoms with Gasteiger partial charge in [-0.2, -0.15) is 0 Å². The molecule has 4 heterocycles. The summed E-state index contributed by atoms with van der Waals surface area (Å²) in [4.78, 5) is 20.6. The first-order valence-corrected chi connectivity index (χ1v) is 14.1. The zero-order valence-electron chi connectivity index (χ0n) is 22.0. The number of likely N-dealkylation sites (tertiary alicyclic amines) is 1. The third-order valence-corrected chi connectivity index (χ3v) is 9.05. The maximum atomic E-state index is 13.4. The molecule has 1 unspecified atom stereocenters. The van der Waals surface area contributed by atoms with Crippen LogP contribution in [0.5, 0.6) is 0 Å². The zero-order valence-corrected chi connectivity index (χ0v) is 22.0. The van der Waals surface area contributed by atoms with Gasteiger partial charge in [-0.15, -0.1) is 0 Å². The Bertz CT molecular complexity index is 1420. The Morgan fingerprint density at radius 1 is 1.11 bits per heavy atom. The largest absolute Gasteiger partial charge is 0.338 e. The fourth-order valence-electron chi connectivity index (χ4n) is 6.55. The summed E-state index contributed by atoms with van der Waals surface area (Å²) in [6.45, 7) is 6.06. The third kappa shape index (κ3) is 4.15. The van der Waals surface area contributed by atoms with E-state index in [2.05, 4.69) is 64.8 Å². The Morgan fingerprint density at radius 3 is 2.78 bits per heavy atom. The first-order chi connectivity index (χ1) is 18.0. The van der Waals surface area contributed by atoms with Crippen molar-refractivity contribution < 1.29 is 4.79 Å². The van der Waals surface area contributed by atoms with Gasteiger partial charge >= 0.3 is 0 Å². The lowest BCUT2D eigenvalue weighted by Crippen LogP contribution is -2.48. The Hall–Kier alpha value is -3.12. The number of aromatic nitrogens is 3. The molecule has 192 valence electrons. The number of nitrogens with zero attached hydrogens (tertiary/aromatic N) is 4. The number of rotatable bonds is 5. The molecule has 2 aliphatic carbocycles. The molecule has 6 heteroatoms. The zero-order chi connectivity index (χ0) is 25.1. The topological polar surface area (TPSA) is 55.1 Å². The summed E-state index contributed by atoms with van der Waals surface area (Å²) in [7, 11) is 2.10. The van der Waals surface area contributed by atoms with Crippen molar-refractivity contribution in [2.75, 3.05) is 19.6 Å².